The number of rotatable bonds is 4. The van der Waals surface area contributed by atoms with Crippen molar-refractivity contribution in [3.05, 3.63) is 59.4 Å². The highest BCUT2D eigenvalue weighted by atomic mass is 32.2. The Kier molecular flexibility index (Phi) is 4.51. The van der Waals surface area contributed by atoms with Gasteiger partial charge in [-0.1, -0.05) is 6.07 Å². The minimum Gasteiger partial charge on any atom is -0.465 e. The zero-order chi connectivity index (χ0) is 16.3. The lowest BCUT2D eigenvalue weighted by atomic mass is 10.2. The van der Waals surface area contributed by atoms with Gasteiger partial charge in [-0.2, -0.15) is 0 Å². The highest BCUT2D eigenvalue weighted by Gasteiger charge is 2.25. The van der Waals surface area contributed by atoms with Crippen LogP contribution in [0.1, 0.15) is 16.1 Å². The van der Waals surface area contributed by atoms with Gasteiger partial charge in [-0.05, 0) is 24.3 Å². The van der Waals surface area contributed by atoms with Crippen molar-refractivity contribution in [2.75, 3.05) is 7.11 Å². The molecule has 0 N–H and O–H groups in total. The van der Waals surface area contributed by atoms with E-state index in [9.17, 15) is 22.0 Å². The number of halogens is 2. The lowest BCUT2D eigenvalue weighted by Gasteiger charge is -2.07. The number of sulfone groups is 1. The van der Waals surface area contributed by atoms with Gasteiger partial charge in [0.1, 0.15) is 16.5 Å². The topological polar surface area (TPSA) is 73.3 Å². The van der Waals surface area contributed by atoms with Crippen LogP contribution in [0.5, 0.6) is 0 Å². The molecular formula is C14H11F2NO4S. The third-order valence-corrected chi connectivity index (χ3v) is 4.49. The van der Waals surface area contributed by atoms with Crippen molar-refractivity contribution in [3.63, 3.8) is 0 Å². The fourth-order valence-electron chi connectivity index (χ4n) is 1.85. The van der Waals surface area contributed by atoms with E-state index in [4.69, 9.17) is 0 Å². The molecule has 0 amide bonds. The van der Waals surface area contributed by atoms with Crippen LogP contribution in [0, 0.1) is 11.6 Å². The highest BCUT2D eigenvalue weighted by Crippen LogP contribution is 2.22. The van der Waals surface area contributed by atoms with Gasteiger partial charge < -0.3 is 4.74 Å². The Labute approximate surface area is 125 Å². The van der Waals surface area contributed by atoms with Crippen LogP contribution in [0.15, 0.2) is 41.4 Å². The predicted octanol–water partition coefficient (Wildman–Crippen LogP) is 2.12. The van der Waals surface area contributed by atoms with Crippen LogP contribution in [0.4, 0.5) is 8.78 Å². The molecule has 2 rings (SSSR count). The first-order valence-electron chi connectivity index (χ1n) is 6.05. The molecule has 0 spiro atoms. The summed E-state index contributed by atoms with van der Waals surface area (Å²) in [5, 5.41) is 0. The van der Waals surface area contributed by atoms with Gasteiger partial charge in [0.05, 0.1) is 24.1 Å². The van der Waals surface area contributed by atoms with Gasteiger partial charge in [0.2, 0.25) is 0 Å². The molecule has 1 heterocycles. The summed E-state index contributed by atoms with van der Waals surface area (Å²) in [5.74, 6) is -3.76. The lowest BCUT2D eigenvalue weighted by molar-refractivity contribution is 0.0600. The van der Waals surface area contributed by atoms with Crippen LogP contribution in [-0.4, -0.2) is 26.5 Å². The predicted molar refractivity (Wildman–Crippen MR) is 72.8 cm³/mol. The summed E-state index contributed by atoms with van der Waals surface area (Å²) in [6, 6.07) is 5.32. The summed E-state index contributed by atoms with van der Waals surface area (Å²) in [5.41, 5.74) is 0.0715. The third-order valence-electron chi connectivity index (χ3n) is 2.81. The van der Waals surface area contributed by atoms with Crippen molar-refractivity contribution in [2.45, 2.75) is 10.6 Å². The van der Waals surface area contributed by atoms with E-state index in [2.05, 4.69) is 9.72 Å². The number of nitrogens with zero attached hydrogens (tertiary/aromatic N) is 1. The Balaban J connectivity index is 2.40. The Morgan fingerprint density at radius 3 is 2.45 bits per heavy atom. The summed E-state index contributed by atoms with van der Waals surface area (Å²) < 4.78 is 56.0. The summed E-state index contributed by atoms with van der Waals surface area (Å²) in [4.78, 5) is 14.2. The number of carbonyl (C=O) groups is 1. The maximum atomic E-state index is 13.6. The zero-order valence-corrected chi connectivity index (χ0v) is 12.2. The molecule has 0 atom stereocenters. The van der Waals surface area contributed by atoms with Gasteiger partial charge >= 0.3 is 5.97 Å². The number of esters is 1. The molecule has 0 saturated heterocycles. The van der Waals surface area contributed by atoms with Gasteiger partial charge in [0.25, 0.3) is 0 Å². The van der Waals surface area contributed by atoms with Crippen molar-refractivity contribution in [1.29, 1.82) is 0 Å². The molecule has 0 bridgehead atoms. The van der Waals surface area contributed by atoms with Crippen molar-refractivity contribution in [1.82, 2.24) is 4.98 Å². The van der Waals surface area contributed by atoms with E-state index < -0.39 is 38.1 Å². The second-order valence-electron chi connectivity index (χ2n) is 4.34. The minimum absolute atomic E-state index is 0.0226. The second kappa shape index (κ2) is 6.18. The first-order chi connectivity index (χ1) is 10.3. The number of benzene rings is 1. The number of hydrogen-bond acceptors (Lipinski definition) is 5. The first kappa shape index (κ1) is 16.0. The fraction of sp³-hybridized carbons (Fsp3) is 0.143. The smallest absolute Gasteiger partial charge is 0.337 e. The number of ether oxygens (including phenoxy) is 1. The minimum atomic E-state index is -4.29. The fourth-order valence-corrected chi connectivity index (χ4v) is 3.27. The molecule has 5 nitrogen and oxygen atoms in total. The monoisotopic (exact) mass is 327 g/mol. The maximum absolute atomic E-state index is 13.6. The summed E-state index contributed by atoms with van der Waals surface area (Å²) in [6.45, 7) is 0. The number of carbonyl (C=O) groups excluding carboxylic acids is 1. The summed E-state index contributed by atoms with van der Waals surface area (Å²) in [7, 11) is -3.11. The van der Waals surface area contributed by atoms with E-state index >= 15 is 0 Å². The van der Waals surface area contributed by atoms with Crippen LogP contribution in [0.2, 0.25) is 0 Å². The van der Waals surface area contributed by atoms with Gasteiger partial charge in [-0.3, -0.25) is 4.98 Å². The maximum Gasteiger partial charge on any atom is 0.337 e. The average molecular weight is 327 g/mol. The quantitative estimate of drug-likeness (QED) is 0.804. The number of aromatic nitrogens is 1. The van der Waals surface area contributed by atoms with Crippen LogP contribution in [-0.2, 0) is 20.3 Å². The summed E-state index contributed by atoms with van der Waals surface area (Å²) >= 11 is 0. The Morgan fingerprint density at radius 2 is 1.86 bits per heavy atom. The SMILES string of the molecule is COC(=O)c1ccnc(CS(=O)(=O)c2c(F)cccc2F)c1. The molecule has 0 aliphatic heterocycles. The molecule has 22 heavy (non-hydrogen) atoms. The number of methoxy groups -OCH3 is 1. The van der Waals surface area contributed by atoms with Crippen molar-refractivity contribution >= 4 is 15.8 Å². The van der Waals surface area contributed by atoms with E-state index in [1.807, 2.05) is 0 Å². The van der Waals surface area contributed by atoms with Gasteiger partial charge in [0, 0.05) is 6.20 Å². The van der Waals surface area contributed by atoms with Crippen LogP contribution in [0.3, 0.4) is 0 Å². The van der Waals surface area contributed by atoms with Crippen molar-refractivity contribution < 1.29 is 26.7 Å². The second-order valence-corrected chi connectivity index (χ2v) is 6.26. The molecule has 8 heteroatoms. The molecule has 116 valence electrons. The van der Waals surface area contributed by atoms with E-state index in [1.54, 1.807) is 0 Å². The molecule has 0 aliphatic carbocycles. The summed E-state index contributed by atoms with van der Waals surface area (Å²) in [6.07, 6.45) is 1.22. The lowest BCUT2D eigenvalue weighted by Crippen LogP contribution is -2.11. The molecule has 2 aromatic rings. The molecular weight excluding hydrogens is 316 g/mol. The van der Waals surface area contributed by atoms with Crippen molar-refractivity contribution in [2.24, 2.45) is 0 Å². The van der Waals surface area contributed by atoms with E-state index in [0.717, 1.165) is 18.2 Å². The molecule has 1 aromatic carbocycles. The molecule has 0 fully saturated rings. The van der Waals surface area contributed by atoms with E-state index in [-0.39, 0.29) is 11.3 Å². The van der Waals surface area contributed by atoms with Crippen LogP contribution < -0.4 is 0 Å². The normalized spacial score (nSPS) is 11.2. The van der Waals surface area contributed by atoms with E-state index in [0.29, 0.717) is 0 Å². The van der Waals surface area contributed by atoms with Crippen LogP contribution in [0.25, 0.3) is 0 Å². The van der Waals surface area contributed by atoms with Gasteiger partial charge in [-0.15, -0.1) is 0 Å². The zero-order valence-electron chi connectivity index (χ0n) is 11.4. The van der Waals surface area contributed by atoms with E-state index in [1.165, 1.54) is 25.4 Å². The standard InChI is InChI=1S/C14H11F2NO4S/c1-21-14(18)9-5-6-17-10(7-9)8-22(19,20)13-11(15)3-2-4-12(13)16/h2-7H,8H2,1H3. The largest absolute Gasteiger partial charge is 0.465 e. The third kappa shape index (κ3) is 3.28. The van der Waals surface area contributed by atoms with Gasteiger partial charge in [0.15, 0.2) is 9.84 Å². The molecule has 0 radical (unpaired) electrons. The Hall–Kier alpha value is -2.35. The molecule has 1 aromatic heterocycles. The molecule has 0 unspecified atom stereocenters. The highest BCUT2D eigenvalue weighted by molar-refractivity contribution is 7.90. The molecule has 0 aliphatic rings. The number of pyridine rings is 1. The van der Waals surface area contributed by atoms with Crippen LogP contribution >= 0.6 is 0 Å². The van der Waals surface area contributed by atoms with Gasteiger partial charge in [-0.25, -0.2) is 22.0 Å². The van der Waals surface area contributed by atoms with Crippen molar-refractivity contribution in [3.8, 4) is 0 Å². The number of hydrogen-bond donors (Lipinski definition) is 0. The Bertz CT molecular complexity index is 801. The average Bonchev–Trinajstić information content (AvgIpc) is 2.45. The molecule has 0 saturated carbocycles. The Morgan fingerprint density at radius 1 is 1.23 bits per heavy atom. The first-order valence-corrected chi connectivity index (χ1v) is 7.70.